The predicted molar refractivity (Wildman–Crippen MR) is 169 cm³/mol. The van der Waals surface area contributed by atoms with Gasteiger partial charge in [0.25, 0.3) is 0 Å². The van der Waals surface area contributed by atoms with Gasteiger partial charge in [0, 0.05) is 26.7 Å². The van der Waals surface area contributed by atoms with Crippen LogP contribution in [0.3, 0.4) is 0 Å². The molecule has 0 heterocycles. The Bertz CT molecular complexity index is 697. The second kappa shape index (κ2) is 25.0. The molecule has 0 spiro atoms. The van der Waals surface area contributed by atoms with Gasteiger partial charge in [-0.3, -0.25) is 9.05 Å². The third-order valence-electron chi connectivity index (χ3n) is 8.02. The fraction of sp³-hybridized carbons (Fsp3) is 1.00. The summed E-state index contributed by atoms with van der Waals surface area (Å²) in [5, 5.41) is 30.5. The molecule has 10 nitrogen and oxygen atoms in total. The number of methoxy groups -OCH3 is 1. The predicted octanol–water partition coefficient (Wildman–Crippen LogP) is 6.31. The van der Waals surface area contributed by atoms with Crippen molar-refractivity contribution in [3.05, 3.63) is 0 Å². The van der Waals surface area contributed by atoms with Gasteiger partial charge in [-0.25, -0.2) is 4.57 Å². The van der Waals surface area contributed by atoms with Crippen molar-refractivity contribution < 1.29 is 48.0 Å². The molecule has 11 heteroatoms. The zero-order valence-corrected chi connectivity index (χ0v) is 28.5. The summed E-state index contributed by atoms with van der Waals surface area (Å²) in [6, 6.07) is 0. The molecule has 4 N–H and O–H groups in total. The van der Waals surface area contributed by atoms with E-state index in [-0.39, 0.29) is 25.6 Å². The number of ether oxygens (including phenoxy) is 3. The lowest BCUT2D eigenvalue weighted by Crippen LogP contribution is -2.57. The summed E-state index contributed by atoms with van der Waals surface area (Å²) in [5.74, 6) is 0.153. The highest BCUT2D eigenvalue weighted by molar-refractivity contribution is 7.47. The number of phosphoric acid groups is 1. The minimum atomic E-state index is -4.64. The molecule has 0 aromatic rings. The van der Waals surface area contributed by atoms with Crippen LogP contribution in [0.15, 0.2) is 0 Å². The molecule has 258 valence electrons. The fourth-order valence-corrected chi connectivity index (χ4v) is 6.26. The van der Waals surface area contributed by atoms with Crippen LogP contribution in [0.2, 0.25) is 0 Å². The van der Waals surface area contributed by atoms with E-state index in [2.05, 4.69) is 6.92 Å². The first-order chi connectivity index (χ1) is 20.6. The minimum Gasteiger partial charge on any atom is -0.390 e. The van der Waals surface area contributed by atoms with Gasteiger partial charge in [0.2, 0.25) is 0 Å². The van der Waals surface area contributed by atoms with E-state index in [1.165, 1.54) is 97.0 Å². The van der Waals surface area contributed by atoms with Crippen molar-refractivity contribution in [2.45, 2.75) is 167 Å². The molecular weight excluding hydrogens is 575 g/mol. The Morgan fingerprint density at radius 3 is 1.74 bits per heavy atom. The van der Waals surface area contributed by atoms with Crippen molar-refractivity contribution in [1.82, 2.24) is 0 Å². The Balaban J connectivity index is 2.14. The van der Waals surface area contributed by atoms with E-state index in [9.17, 15) is 24.8 Å². The molecular formula is C32H65O10P. The Morgan fingerprint density at radius 2 is 1.26 bits per heavy atom. The van der Waals surface area contributed by atoms with Crippen LogP contribution in [0.4, 0.5) is 0 Å². The second-order valence-electron chi connectivity index (χ2n) is 12.6. The van der Waals surface area contributed by atoms with Crippen molar-refractivity contribution in [2.24, 2.45) is 5.92 Å². The maximum Gasteiger partial charge on any atom is 0.472 e. The van der Waals surface area contributed by atoms with Crippen LogP contribution in [0.1, 0.15) is 130 Å². The molecule has 0 aromatic carbocycles. The average Bonchev–Trinajstić information content (AvgIpc) is 2.97. The van der Waals surface area contributed by atoms with E-state index in [4.69, 9.17) is 23.3 Å². The SMILES string of the molecule is CCCCCCCCCCCCCCCCCCOC[C@H](COP(=O)(O)O[C@H]1[C@H](O)[C@@H](O)[C@H](O)C[C@H]1OCC(C)C)OC. The zero-order chi connectivity index (χ0) is 31.9. The Morgan fingerprint density at radius 1 is 0.744 bits per heavy atom. The van der Waals surface area contributed by atoms with Crippen LogP contribution >= 0.6 is 7.82 Å². The number of aliphatic hydroxyl groups excluding tert-OH is 3. The minimum absolute atomic E-state index is 0.0521. The Labute approximate surface area is 261 Å². The summed E-state index contributed by atoms with van der Waals surface area (Å²) in [7, 11) is -3.18. The lowest BCUT2D eigenvalue weighted by atomic mass is 9.87. The molecule has 0 amide bonds. The molecule has 0 saturated heterocycles. The largest absolute Gasteiger partial charge is 0.472 e. The van der Waals surface area contributed by atoms with Gasteiger partial charge in [-0.2, -0.15) is 0 Å². The van der Waals surface area contributed by atoms with E-state index >= 15 is 0 Å². The summed E-state index contributed by atoms with van der Waals surface area (Å²) in [6.45, 7) is 6.93. The lowest BCUT2D eigenvalue weighted by molar-refractivity contribution is -0.188. The highest BCUT2D eigenvalue weighted by atomic mass is 31.2. The Kier molecular flexibility index (Phi) is 23.8. The van der Waals surface area contributed by atoms with Gasteiger partial charge in [-0.15, -0.1) is 0 Å². The van der Waals surface area contributed by atoms with E-state index in [1.54, 1.807) is 0 Å². The zero-order valence-electron chi connectivity index (χ0n) is 27.6. The van der Waals surface area contributed by atoms with Gasteiger partial charge in [0.15, 0.2) is 0 Å². The standard InChI is InChI=1S/C32H65O10P/c1-5-6-7-8-9-10-11-12-13-14-15-16-17-18-19-20-21-39-24-27(38-4)25-41-43(36,37)42-32-29(40-23-26(2)3)22-28(33)30(34)31(32)35/h26-35H,5-25H2,1-4H3,(H,36,37)/t27-,28-,29-,30+,31-,32-/m1/s1. The molecule has 1 fully saturated rings. The summed E-state index contributed by atoms with van der Waals surface area (Å²) < 4.78 is 39.7. The summed E-state index contributed by atoms with van der Waals surface area (Å²) in [5.41, 5.74) is 0. The maximum absolute atomic E-state index is 12.7. The number of aliphatic hydroxyl groups is 3. The monoisotopic (exact) mass is 640 g/mol. The van der Waals surface area contributed by atoms with Crippen LogP contribution in [-0.4, -0.2) is 90.4 Å². The van der Waals surface area contributed by atoms with Crippen molar-refractivity contribution in [1.29, 1.82) is 0 Å². The number of unbranched alkanes of at least 4 members (excludes halogenated alkanes) is 15. The summed E-state index contributed by atoms with van der Waals surface area (Å²) in [4.78, 5) is 10.3. The van der Waals surface area contributed by atoms with Crippen LogP contribution in [0.5, 0.6) is 0 Å². The van der Waals surface area contributed by atoms with Gasteiger partial charge < -0.3 is 34.4 Å². The number of phosphoric ester groups is 1. The Hall–Kier alpha value is -0.130. The second-order valence-corrected chi connectivity index (χ2v) is 14.0. The molecule has 0 radical (unpaired) electrons. The third-order valence-corrected chi connectivity index (χ3v) is 9.01. The van der Waals surface area contributed by atoms with E-state index < -0.39 is 44.4 Å². The summed E-state index contributed by atoms with van der Waals surface area (Å²) in [6.07, 6.45) is 13.7. The van der Waals surface area contributed by atoms with E-state index in [1.807, 2.05) is 13.8 Å². The first-order valence-corrected chi connectivity index (χ1v) is 18.5. The molecule has 1 saturated carbocycles. The molecule has 0 aliphatic heterocycles. The van der Waals surface area contributed by atoms with E-state index in [0.29, 0.717) is 13.2 Å². The van der Waals surface area contributed by atoms with Crippen LogP contribution < -0.4 is 0 Å². The van der Waals surface area contributed by atoms with Gasteiger partial charge in [-0.1, -0.05) is 117 Å². The van der Waals surface area contributed by atoms with Crippen LogP contribution in [0.25, 0.3) is 0 Å². The van der Waals surface area contributed by atoms with E-state index in [0.717, 1.165) is 12.8 Å². The smallest absolute Gasteiger partial charge is 0.390 e. The summed E-state index contributed by atoms with van der Waals surface area (Å²) >= 11 is 0. The third kappa shape index (κ3) is 19.9. The first-order valence-electron chi connectivity index (χ1n) is 17.0. The van der Waals surface area contributed by atoms with Crippen LogP contribution in [0, 0.1) is 5.92 Å². The molecule has 7 atom stereocenters. The van der Waals surface area contributed by atoms with Crippen LogP contribution in [-0.2, 0) is 27.8 Å². The first kappa shape index (κ1) is 40.9. The molecule has 0 bridgehead atoms. The maximum atomic E-state index is 12.7. The van der Waals surface area contributed by atoms with Gasteiger partial charge >= 0.3 is 7.82 Å². The normalized spacial score (nSPS) is 24.8. The van der Waals surface area contributed by atoms with Crippen molar-refractivity contribution in [2.75, 3.05) is 33.5 Å². The number of hydrogen-bond acceptors (Lipinski definition) is 9. The molecule has 1 unspecified atom stereocenters. The number of rotatable bonds is 28. The van der Waals surface area contributed by atoms with Crippen molar-refractivity contribution in [3.8, 4) is 0 Å². The highest BCUT2D eigenvalue weighted by Crippen LogP contribution is 2.47. The fourth-order valence-electron chi connectivity index (χ4n) is 5.28. The molecule has 0 aromatic heterocycles. The molecule has 1 aliphatic carbocycles. The molecule has 1 aliphatic rings. The lowest BCUT2D eigenvalue weighted by Gasteiger charge is -2.40. The van der Waals surface area contributed by atoms with Gasteiger partial charge in [0.1, 0.15) is 24.4 Å². The van der Waals surface area contributed by atoms with Crippen molar-refractivity contribution >= 4 is 7.82 Å². The van der Waals surface area contributed by atoms with Crippen molar-refractivity contribution in [3.63, 3.8) is 0 Å². The van der Waals surface area contributed by atoms with Gasteiger partial charge in [0.05, 0.1) is 25.4 Å². The molecule has 1 rings (SSSR count). The number of hydrogen-bond donors (Lipinski definition) is 4. The average molecular weight is 641 g/mol. The topological polar surface area (TPSA) is 144 Å². The quantitative estimate of drug-likeness (QED) is 0.0567. The molecule has 43 heavy (non-hydrogen) atoms. The van der Waals surface area contributed by atoms with Gasteiger partial charge in [-0.05, 0) is 12.3 Å². The highest BCUT2D eigenvalue weighted by Gasteiger charge is 2.47.